The maximum atomic E-state index is 15.0. The Balaban J connectivity index is 0.871. The molecule has 28 heteroatoms. The van der Waals surface area contributed by atoms with Gasteiger partial charge in [-0.2, -0.15) is 0 Å². The molecule has 0 aromatic rings. The van der Waals surface area contributed by atoms with Gasteiger partial charge in [0.2, 0.25) is 0 Å². The van der Waals surface area contributed by atoms with Crippen LogP contribution < -0.4 is 0 Å². The Bertz CT molecular complexity index is 2610. The van der Waals surface area contributed by atoms with E-state index in [1.54, 1.807) is 6.92 Å². The number of esters is 3. The number of carbonyl (C=O) groups is 3. The van der Waals surface area contributed by atoms with E-state index in [4.69, 9.17) is 66.3 Å². The first-order chi connectivity index (χ1) is 42.3. The monoisotopic (exact) mass is 1290 g/mol. The van der Waals surface area contributed by atoms with Crippen LogP contribution in [0.15, 0.2) is 23.8 Å². The van der Waals surface area contributed by atoms with Gasteiger partial charge in [0.15, 0.2) is 37.1 Å². The number of aliphatic hydroxyl groups is 11. The second-order valence-electron chi connectivity index (χ2n) is 28.1. The van der Waals surface area contributed by atoms with Crippen LogP contribution in [0, 0.1) is 39.4 Å². The van der Waals surface area contributed by atoms with Crippen LogP contribution in [-0.2, 0) is 80.7 Å². The van der Waals surface area contributed by atoms with Crippen LogP contribution >= 0.6 is 0 Å². The number of carbonyl (C=O) groups excluding carboxylic acids is 3. The third kappa shape index (κ3) is 12.1. The minimum Gasteiger partial charge on any atom is -0.462 e. The lowest BCUT2D eigenvalue weighted by Crippen LogP contribution is -2.66. The van der Waals surface area contributed by atoms with Crippen molar-refractivity contribution >= 4 is 17.9 Å². The number of allylic oxidation sites excluding steroid dienone is 3. The molecule has 1 unspecified atom stereocenters. The van der Waals surface area contributed by atoms with Crippen LogP contribution in [0.2, 0.25) is 0 Å². The Labute approximate surface area is 522 Å². The first kappa shape index (κ1) is 69.8. The Morgan fingerprint density at radius 2 is 1.29 bits per heavy atom. The molecule has 32 atom stereocenters. The van der Waals surface area contributed by atoms with Gasteiger partial charge in [-0.1, -0.05) is 44.9 Å². The van der Waals surface area contributed by atoms with Gasteiger partial charge >= 0.3 is 17.9 Å². The molecular weight excluding hydrogens is 1190 g/mol. The smallest absolute Gasteiger partial charge is 0.314 e. The highest BCUT2D eigenvalue weighted by Gasteiger charge is 2.81. The summed E-state index contributed by atoms with van der Waals surface area (Å²) in [6.45, 7) is 18.5. The van der Waals surface area contributed by atoms with Gasteiger partial charge in [0, 0.05) is 21.0 Å². The SMILES string of the molecule is C=C(C)CCC(OC(C)=O)[C@]1(C)OC(=O)[C@]23CC=C4[C@@H](CC[C@H]5C(C)(C)[C@@H](O[C@@H]6OC[C@@H](O[C@@H]7OC[C@@H](O)[C@H](O)[C@H]7O)[C@H](O)[C@H]6O[C@@H]6O[C@H](C)[C@@H](O[C@@H]7OC[C@@H](O)[C@H](O[C@@H]8O[C@H](CO)[C@@H](O)[C@H](OC)[C@H]8O)[C@H]7O)[C@H](O)[C@H]6O)CC[C@]45C)[C@]2(C)C[C@H](OC(C)=O)[C@H]13. The van der Waals surface area contributed by atoms with E-state index in [0.717, 1.165) is 5.57 Å². The zero-order chi connectivity index (χ0) is 65.6. The molecule has 28 nitrogen and oxygen atoms in total. The summed E-state index contributed by atoms with van der Waals surface area (Å²) in [7, 11) is 1.21. The van der Waals surface area contributed by atoms with Crippen LogP contribution in [0.25, 0.3) is 0 Å². The number of cyclic esters (lactones) is 1. The van der Waals surface area contributed by atoms with Crippen LogP contribution in [0.5, 0.6) is 0 Å². The minimum absolute atomic E-state index is 0.0478. The highest BCUT2D eigenvalue weighted by atomic mass is 16.8. The molecule has 90 heavy (non-hydrogen) atoms. The van der Waals surface area contributed by atoms with E-state index in [2.05, 4.69) is 40.3 Å². The second kappa shape index (κ2) is 26.5. The summed E-state index contributed by atoms with van der Waals surface area (Å²) < 4.78 is 84.5. The van der Waals surface area contributed by atoms with E-state index in [1.165, 1.54) is 33.5 Å². The summed E-state index contributed by atoms with van der Waals surface area (Å²) in [5.74, 6) is -2.29. The molecule has 0 amide bonds. The Morgan fingerprint density at radius 3 is 1.94 bits per heavy atom. The van der Waals surface area contributed by atoms with Crippen molar-refractivity contribution in [3.8, 4) is 0 Å². The van der Waals surface area contributed by atoms with Crippen molar-refractivity contribution in [1.29, 1.82) is 0 Å². The highest BCUT2D eigenvalue weighted by molar-refractivity contribution is 5.84. The van der Waals surface area contributed by atoms with Gasteiger partial charge in [-0.3, -0.25) is 14.4 Å². The number of rotatable bonds is 18. The number of hydrogen-bond acceptors (Lipinski definition) is 28. The Morgan fingerprint density at radius 1 is 0.667 bits per heavy atom. The fourth-order valence-electron chi connectivity index (χ4n) is 17.6. The maximum absolute atomic E-state index is 15.0. The number of fused-ring (bicyclic) bond motifs is 4. The molecule has 6 heterocycles. The van der Waals surface area contributed by atoms with Gasteiger partial charge in [0.1, 0.15) is 110 Å². The Kier molecular flexibility index (Phi) is 20.6. The molecule has 0 aromatic carbocycles. The number of aliphatic hydroxyl groups excluding tert-OH is 11. The molecule has 0 bridgehead atoms. The summed E-state index contributed by atoms with van der Waals surface area (Å²) in [5.41, 5.74) is -2.28. The zero-order valence-electron chi connectivity index (χ0n) is 52.8. The molecular formula is C62H96O28. The van der Waals surface area contributed by atoms with E-state index in [9.17, 15) is 65.8 Å². The van der Waals surface area contributed by atoms with Gasteiger partial charge in [-0.25, -0.2) is 0 Å². The van der Waals surface area contributed by atoms with E-state index < -0.39 is 224 Å². The first-order valence-corrected chi connectivity index (χ1v) is 31.6. The molecule has 4 aliphatic carbocycles. The van der Waals surface area contributed by atoms with E-state index in [1.807, 2.05) is 6.92 Å². The molecule has 10 rings (SSSR count). The fraction of sp³-hybridized carbons (Fsp3) is 0.887. The number of hydrogen-bond donors (Lipinski definition) is 11. The second-order valence-corrected chi connectivity index (χ2v) is 28.1. The molecule has 9 fully saturated rings. The highest BCUT2D eigenvalue weighted by Crippen LogP contribution is 2.76. The summed E-state index contributed by atoms with van der Waals surface area (Å²) >= 11 is 0. The topological polar surface area (TPSA) is 403 Å². The quantitative estimate of drug-likeness (QED) is 0.0332. The standard InChI is InChI=1S/C62H96O28/c1-25(2)12-15-38(83-28(5)65)61(10)51-33(82-27(4)64)20-60(9)30-13-14-36-58(6,7)37(17-18-59(36,8)29(30)16-19-62(51,60)57(76)90-61)86-56-50(41(70)35(24-80-56)85-52-43(72)39(68)31(66)22-78-52)89-54-44(73)42(71)47(26(3)81-54)87-53-45(74)48(32(67)23-79-53)88-55-46(75)49(77-11)40(69)34(21-63)84-55/h16,26,30-56,63,66-75H,1,12-15,17-24H2,2-11H3/t26-,30-,31-,32-,33+,34-,35-,36+,37+,38?,39+,40-,41+,42-,43-,44-,45-,46-,47-,48+,49+,50-,51-,52+,53+,54+,55+,56+,59-,60+,61+,62-/m1/s1. The van der Waals surface area contributed by atoms with Crippen LogP contribution in [-0.4, -0.2) is 267 Å². The average Bonchev–Trinajstić information content (AvgIpc) is 1.47. The predicted octanol–water partition coefficient (Wildman–Crippen LogP) is -1.20. The van der Waals surface area contributed by atoms with Crippen molar-refractivity contribution in [3.63, 3.8) is 0 Å². The van der Waals surface area contributed by atoms with Crippen molar-refractivity contribution < 1.29 is 137 Å². The van der Waals surface area contributed by atoms with Gasteiger partial charge in [-0.05, 0) is 100 Å². The van der Waals surface area contributed by atoms with Crippen LogP contribution in [0.1, 0.15) is 114 Å². The van der Waals surface area contributed by atoms with Crippen LogP contribution in [0.3, 0.4) is 0 Å². The summed E-state index contributed by atoms with van der Waals surface area (Å²) in [6, 6.07) is 0. The third-order valence-electron chi connectivity index (χ3n) is 22.2. The molecule has 0 radical (unpaired) electrons. The molecule has 1 spiro atoms. The lowest BCUT2D eigenvalue weighted by Gasteiger charge is -2.63. The summed E-state index contributed by atoms with van der Waals surface area (Å²) in [5, 5.41) is 121. The largest absolute Gasteiger partial charge is 0.462 e. The molecule has 6 saturated heterocycles. The average molecular weight is 1290 g/mol. The summed E-state index contributed by atoms with van der Waals surface area (Å²) in [4.78, 5) is 40.7. The predicted molar refractivity (Wildman–Crippen MR) is 303 cm³/mol. The Hall–Kier alpha value is -2.99. The molecule has 3 saturated carbocycles. The van der Waals surface area contributed by atoms with E-state index >= 15 is 4.79 Å². The third-order valence-corrected chi connectivity index (χ3v) is 22.2. The summed E-state index contributed by atoms with van der Waals surface area (Å²) in [6.07, 6.45) is -30.7. The normalized spacial score (nSPS) is 50.3. The molecule has 11 N–H and O–H groups in total. The number of ether oxygens (including phenoxy) is 14. The van der Waals surface area contributed by atoms with Gasteiger partial charge < -0.3 is 122 Å². The van der Waals surface area contributed by atoms with Gasteiger partial charge in [0.05, 0.1) is 50.0 Å². The molecule has 0 aromatic heterocycles. The van der Waals surface area contributed by atoms with E-state index in [-0.39, 0.29) is 18.4 Å². The van der Waals surface area contributed by atoms with Gasteiger partial charge in [0.25, 0.3) is 0 Å². The van der Waals surface area contributed by atoms with Crippen molar-refractivity contribution in [3.05, 3.63) is 23.8 Å². The van der Waals surface area contributed by atoms with E-state index in [0.29, 0.717) is 51.4 Å². The molecule has 10 aliphatic rings. The molecule has 6 aliphatic heterocycles. The lowest BCUT2D eigenvalue weighted by molar-refractivity contribution is -0.388. The van der Waals surface area contributed by atoms with Crippen molar-refractivity contribution in [2.24, 2.45) is 39.4 Å². The lowest BCUT2D eigenvalue weighted by atomic mass is 9.41. The fourth-order valence-corrected chi connectivity index (χ4v) is 17.6. The molecule has 512 valence electrons. The maximum Gasteiger partial charge on any atom is 0.314 e. The first-order valence-electron chi connectivity index (χ1n) is 31.6. The van der Waals surface area contributed by atoms with Crippen LogP contribution in [0.4, 0.5) is 0 Å². The van der Waals surface area contributed by atoms with Crippen molar-refractivity contribution in [2.45, 2.75) is 273 Å². The zero-order valence-corrected chi connectivity index (χ0v) is 52.8. The van der Waals surface area contributed by atoms with Crippen molar-refractivity contribution in [2.75, 3.05) is 33.5 Å². The van der Waals surface area contributed by atoms with Crippen molar-refractivity contribution in [1.82, 2.24) is 0 Å². The van der Waals surface area contributed by atoms with Gasteiger partial charge in [-0.15, -0.1) is 6.58 Å². The number of methoxy groups -OCH3 is 1. The minimum atomic E-state index is -1.96.